The van der Waals surface area contributed by atoms with Crippen molar-refractivity contribution in [3.05, 3.63) is 66.1 Å². The van der Waals surface area contributed by atoms with Crippen molar-refractivity contribution in [1.82, 2.24) is 15.5 Å². The van der Waals surface area contributed by atoms with Crippen LogP contribution in [0.25, 0.3) is 11.4 Å². The van der Waals surface area contributed by atoms with Crippen molar-refractivity contribution in [1.29, 1.82) is 0 Å². The Morgan fingerprint density at radius 2 is 1.83 bits per heavy atom. The van der Waals surface area contributed by atoms with Gasteiger partial charge in [-0.15, -0.1) is 0 Å². The molecule has 3 aromatic rings. The van der Waals surface area contributed by atoms with E-state index in [0.717, 1.165) is 23.3 Å². The minimum absolute atomic E-state index is 0.00115. The highest BCUT2D eigenvalue weighted by Crippen LogP contribution is 2.22. The molecule has 0 saturated carbocycles. The van der Waals surface area contributed by atoms with Crippen LogP contribution in [-0.2, 0) is 11.2 Å². The van der Waals surface area contributed by atoms with Crippen LogP contribution in [0, 0.1) is 5.92 Å². The molecule has 0 bridgehead atoms. The van der Waals surface area contributed by atoms with E-state index in [1.54, 1.807) is 7.11 Å². The third-order valence-electron chi connectivity index (χ3n) is 4.63. The van der Waals surface area contributed by atoms with E-state index < -0.39 is 0 Å². The van der Waals surface area contributed by atoms with Gasteiger partial charge >= 0.3 is 0 Å². The molecule has 0 aliphatic heterocycles. The van der Waals surface area contributed by atoms with Crippen molar-refractivity contribution in [2.45, 2.75) is 39.2 Å². The molecule has 0 radical (unpaired) electrons. The second kappa shape index (κ2) is 9.87. The Kier molecular flexibility index (Phi) is 7.00. The molecule has 1 aromatic heterocycles. The maximum atomic E-state index is 12.5. The second-order valence-corrected chi connectivity index (χ2v) is 7.40. The lowest BCUT2D eigenvalue weighted by Gasteiger charge is -2.21. The first-order chi connectivity index (χ1) is 14.0. The minimum Gasteiger partial charge on any atom is -0.497 e. The van der Waals surface area contributed by atoms with Crippen LogP contribution in [0.1, 0.15) is 44.2 Å². The summed E-state index contributed by atoms with van der Waals surface area (Å²) < 4.78 is 10.5. The van der Waals surface area contributed by atoms with Crippen LogP contribution in [0.2, 0.25) is 0 Å². The molecule has 6 heteroatoms. The van der Waals surface area contributed by atoms with Crippen LogP contribution in [0.5, 0.6) is 5.75 Å². The first-order valence-electron chi connectivity index (χ1n) is 9.86. The van der Waals surface area contributed by atoms with Gasteiger partial charge in [-0.3, -0.25) is 4.79 Å². The lowest BCUT2D eigenvalue weighted by atomic mass is 9.97. The van der Waals surface area contributed by atoms with Gasteiger partial charge in [0, 0.05) is 18.4 Å². The number of carbonyl (C=O) groups excluding carboxylic acids is 1. The summed E-state index contributed by atoms with van der Waals surface area (Å²) in [5, 5.41) is 7.15. The first kappa shape index (κ1) is 20.6. The average Bonchev–Trinajstić information content (AvgIpc) is 3.21. The molecular weight excluding hydrogens is 366 g/mol. The van der Waals surface area contributed by atoms with Crippen LogP contribution < -0.4 is 10.1 Å². The van der Waals surface area contributed by atoms with Gasteiger partial charge in [0.25, 0.3) is 0 Å². The smallest absolute Gasteiger partial charge is 0.227 e. The third-order valence-corrected chi connectivity index (χ3v) is 4.63. The molecule has 0 fully saturated rings. The van der Waals surface area contributed by atoms with E-state index >= 15 is 0 Å². The van der Waals surface area contributed by atoms with E-state index in [1.165, 1.54) is 0 Å². The summed E-state index contributed by atoms with van der Waals surface area (Å²) in [4.78, 5) is 16.9. The standard InChI is InChI=1S/C23H27N3O3/c1-16(2)15-20(17-7-5-4-6-8-17)24-21(27)13-14-22-25-23(26-29-22)18-9-11-19(28-3)12-10-18/h4-12,16,20H,13-15H2,1-3H3,(H,24,27). The summed E-state index contributed by atoms with van der Waals surface area (Å²) in [5.41, 5.74) is 1.96. The Morgan fingerprint density at radius 1 is 1.10 bits per heavy atom. The summed E-state index contributed by atoms with van der Waals surface area (Å²) >= 11 is 0. The molecule has 152 valence electrons. The van der Waals surface area contributed by atoms with Crippen LogP contribution in [-0.4, -0.2) is 23.2 Å². The number of rotatable bonds is 9. The van der Waals surface area contributed by atoms with Gasteiger partial charge in [0.1, 0.15) is 5.75 Å². The average molecular weight is 393 g/mol. The van der Waals surface area contributed by atoms with Crippen molar-refractivity contribution in [2.24, 2.45) is 5.92 Å². The van der Waals surface area contributed by atoms with Crippen LogP contribution in [0.4, 0.5) is 0 Å². The number of amides is 1. The molecule has 0 spiro atoms. The van der Waals surface area contributed by atoms with Gasteiger partial charge in [-0.25, -0.2) is 0 Å². The van der Waals surface area contributed by atoms with Gasteiger partial charge in [-0.05, 0) is 42.2 Å². The molecule has 3 rings (SSSR count). The SMILES string of the molecule is COc1ccc(-c2noc(CCC(=O)NC(CC(C)C)c3ccccc3)n2)cc1. The van der Waals surface area contributed by atoms with Crippen LogP contribution >= 0.6 is 0 Å². The predicted molar refractivity (Wildman–Crippen MR) is 111 cm³/mol. The molecule has 0 aliphatic rings. The normalized spacial score (nSPS) is 12.0. The summed E-state index contributed by atoms with van der Waals surface area (Å²) in [6, 6.07) is 17.5. The predicted octanol–water partition coefficient (Wildman–Crippen LogP) is 4.58. The number of ether oxygens (including phenoxy) is 1. The number of hydrogen-bond acceptors (Lipinski definition) is 5. The fourth-order valence-corrected chi connectivity index (χ4v) is 3.14. The lowest BCUT2D eigenvalue weighted by molar-refractivity contribution is -0.122. The molecule has 1 heterocycles. The summed E-state index contributed by atoms with van der Waals surface area (Å²) in [7, 11) is 1.62. The molecule has 1 atom stereocenters. The highest BCUT2D eigenvalue weighted by Gasteiger charge is 2.17. The molecule has 29 heavy (non-hydrogen) atoms. The summed E-state index contributed by atoms with van der Waals surface area (Å²) in [6.45, 7) is 4.31. The van der Waals surface area contributed by atoms with Gasteiger partial charge in [-0.2, -0.15) is 4.98 Å². The number of carbonyl (C=O) groups is 1. The number of nitrogens with zero attached hydrogens (tertiary/aromatic N) is 2. The molecule has 0 saturated heterocycles. The topological polar surface area (TPSA) is 77.2 Å². The molecule has 1 N–H and O–H groups in total. The van der Waals surface area contributed by atoms with E-state index in [0.29, 0.717) is 30.5 Å². The van der Waals surface area contributed by atoms with Crippen molar-refractivity contribution in [3.8, 4) is 17.1 Å². The zero-order valence-electron chi connectivity index (χ0n) is 17.1. The number of aryl methyl sites for hydroxylation is 1. The summed E-state index contributed by atoms with van der Waals surface area (Å²) in [5.74, 6) is 2.17. The minimum atomic E-state index is -0.0244. The highest BCUT2D eigenvalue weighted by molar-refractivity contribution is 5.76. The van der Waals surface area contributed by atoms with E-state index in [2.05, 4.69) is 29.3 Å². The van der Waals surface area contributed by atoms with Crippen LogP contribution in [0.15, 0.2) is 59.1 Å². The molecular formula is C23H27N3O3. The van der Waals surface area contributed by atoms with E-state index in [9.17, 15) is 4.79 Å². The van der Waals surface area contributed by atoms with Gasteiger partial charge in [0.2, 0.25) is 17.6 Å². The van der Waals surface area contributed by atoms with Crippen molar-refractivity contribution >= 4 is 5.91 Å². The van der Waals surface area contributed by atoms with Gasteiger partial charge in [0.15, 0.2) is 0 Å². The van der Waals surface area contributed by atoms with Gasteiger partial charge < -0.3 is 14.6 Å². The van der Waals surface area contributed by atoms with Gasteiger partial charge in [-0.1, -0.05) is 49.3 Å². The monoisotopic (exact) mass is 393 g/mol. The number of benzene rings is 2. The third kappa shape index (κ3) is 5.91. The Hall–Kier alpha value is -3.15. The number of aromatic nitrogens is 2. The Bertz CT molecular complexity index is 905. The summed E-state index contributed by atoms with van der Waals surface area (Å²) in [6.07, 6.45) is 1.59. The maximum absolute atomic E-state index is 12.5. The van der Waals surface area contributed by atoms with Crippen molar-refractivity contribution < 1.29 is 14.1 Å². The van der Waals surface area contributed by atoms with E-state index in [1.807, 2.05) is 54.6 Å². The first-order valence-corrected chi connectivity index (χ1v) is 9.86. The van der Waals surface area contributed by atoms with E-state index in [4.69, 9.17) is 9.26 Å². The second-order valence-electron chi connectivity index (χ2n) is 7.40. The molecule has 0 aliphatic carbocycles. The van der Waals surface area contributed by atoms with Crippen molar-refractivity contribution in [3.63, 3.8) is 0 Å². The molecule has 1 unspecified atom stereocenters. The number of hydrogen-bond donors (Lipinski definition) is 1. The molecule has 2 aromatic carbocycles. The molecule has 6 nitrogen and oxygen atoms in total. The Morgan fingerprint density at radius 3 is 2.48 bits per heavy atom. The van der Waals surface area contributed by atoms with E-state index in [-0.39, 0.29) is 11.9 Å². The zero-order chi connectivity index (χ0) is 20.6. The van der Waals surface area contributed by atoms with Crippen molar-refractivity contribution in [2.75, 3.05) is 7.11 Å². The van der Waals surface area contributed by atoms with Gasteiger partial charge in [0.05, 0.1) is 13.2 Å². The Balaban J connectivity index is 1.57. The molecule has 1 amide bonds. The highest BCUT2D eigenvalue weighted by atomic mass is 16.5. The van der Waals surface area contributed by atoms with Crippen LogP contribution in [0.3, 0.4) is 0 Å². The fourth-order valence-electron chi connectivity index (χ4n) is 3.14. The number of nitrogens with one attached hydrogen (secondary N) is 1. The quantitative estimate of drug-likeness (QED) is 0.576. The lowest BCUT2D eigenvalue weighted by Crippen LogP contribution is -2.29. The zero-order valence-corrected chi connectivity index (χ0v) is 17.1. The fraction of sp³-hybridized carbons (Fsp3) is 0.348. The maximum Gasteiger partial charge on any atom is 0.227 e. The number of methoxy groups -OCH3 is 1. The largest absolute Gasteiger partial charge is 0.497 e. The Labute approximate surface area is 171 Å².